The molecule has 0 spiro atoms. The molecule has 0 radical (unpaired) electrons. The summed E-state index contributed by atoms with van der Waals surface area (Å²) in [4.78, 5) is 0. The van der Waals surface area contributed by atoms with Gasteiger partial charge in [-0.3, -0.25) is 0 Å². The minimum Gasteiger partial charge on any atom is -0.458 e. The monoisotopic (exact) mass is 251 g/mol. The van der Waals surface area contributed by atoms with Gasteiger partial charge in [-0.05, 0) is 24.0 Å². The number of benzene rings is 1. The number of nitrogens with two attached hydrogens (primary N) is 1. The summed E-state index contributed by atoms with van der Waals surface area (Å²) in [7, 11) is 0. The van der Waals surface area contributed by atoms with Gasteiger partial charge in [0.2, 0.25) is 0 Å². The summed E-state index contributed by atoms with van der Waals surface area (Å²) in [5.74, 6) is 0.806. The lowest BCUT2D eigenvalue weighted by Gasteiger charge is -2.28. The van der Waals surface area contributed by atoms with Crippen LogP contribution in [0.1, 0.15) is 39.0 Å². The standard InChI is InChI=1S/C14H18ClNO/c1-4-14(2,3)13(16)11-8-9-6-5-7-10(15)12(9)17-11/h5-8,13H,4,16H2,1-3H3. The molecule has 92 valence electrons. The van der Waals surface area contributed by atoms with Gasteiger partial charge in [-0.15, -0.1) is 0 Å². The number of para-hydroxylation sites is 1. The van der Waals surface area contributed by atoms with Crippen LogP contribution >= 0.6 is 11.6 Å². The normalized spacial score (nSPS) is 14.2. The molecule has 0 aliphatic heterocycles. The van der Waals surface area contributed by atoms with Crippen LogP contribution in [0.25, 0.3) is 11.0 Å². The highest BCUT2D eigenvalue weighted by atomic mass is 35.5. The summed E-state index contributed by atoms with van der Waals surface area (Å²) in [6.07, 6.45) is 0.999. The van der Waals surface area contributed by atoms with Crippen LogP contribution in [0, 0.1) is 5.41 Å². The molecule has 2 aromatic rings. The fraction of sp³-hybridized carbons (Fsp3) is 0.429. The van der Waals surface area contributed by atoms with Crippen LogP contribution in [0.4, 0.5) is 0 Å². The molecular weight excluding hydrogens is 234 g/mol. The van der Waals surface area contributed by atoms with E-state index in [1.165, 1.54) is 0 Å². The first-order valence-corrected chi connectivity index (χ1v) is 6.27. The molecular formula is C14H18ClNO. The molecule has 0 bridgehead atoms. The first kappa shape index (κ1) is 12.5. The van der Waals surface area contributed by atoms with Crippen LogP contribution in [-0.4, -0.2) is 0 Å². The van der Waals surface area contributed by atoms with Gasteiger partial charge in [0.15, 0.2) is 5.58 Å². The first-order chi connectivity index (χ1) is 7.95. The van der Waals surface area contributed by atoms with Crippen molar-refractivity contribution in [1.82, 2.24) is 0 Å². The SMILES string of the molecule is CCC(C)(C)C(N)c1cc2cccc(Cl)c2o1. The van der Waals surface area contributed by atoms with Crippen molar-refractivity contribution in [2.75, 3.05) is 0 Å². The van der Waals surface area contributed by atoms with Crippen LogP contribution in [0.15, 0.2) is 28.7 Å². The minimum absolute atomic E-state index is 0.0142. The molecule has 1 unspecified atom stereocenters. The van der Waals surface area contributed by atoms with E-state index in [-0.39, 0.29) is 11.5 Å². The maximum Gasteiger partial charge on any atom is 0.152 e. The summed E-state index contributed by atoms with van der Waals surface area (Å²) < 4.78 is 5.79. The molecule has 17 heavy (non-hydrogen) atoms. The topological polar surface area (TPSA) is 39.2 Å². The molecule has 0 amide bonds. The van der Waals surface area contributed by atoms with Crippen LogP contribution in [0.2, 0.25) is 5.02 Å². The minimum atomic E-state index is -0.115. The van der Waals surface area contributed by atoms with E-state index >= 15 is 0 Å². The van der Waals surface area contributed by atoms with Gasteiger partial charge in [-0.2, -0.15) is 0 Å². The van der Waals surface area contributed by atoms with Crippen molar-refractivity contribution in [3.63, 3.8) is 0 Å². The van der Waals surface area contributed by atoms with Crippen LogP contribution in [-0.2, 0) is 0 Å². The van der Waals surface area contributed by atoms with E-state index in [1.54, 1.807) is 0 Å². The third-order valence-corrected chi connectivity index (χ3v) is 3.87. The van der Waals surface area contributed by atoms with Crippen molar-refractivity contribution in [2.24, 2.45) is 11.1 Å². The van der Waals surface area contributed by atoms with Crippen molar-refractivity contribution in [3.8, 4) is 0 Å². The number of hydrogen-bond donors (Lipinski definition) is 1. The number of halogens is 1. The molecule has 3 heteroatoms. The highest BCUT2D eigenvalue weighted by Crippen LogP contribution is 2.37. The quantitative estimate of drug-likeness (QED) is 0.871. The molecule has 2 N–H and O–H groups in total. The van der Waals surface area contributed by atoms with Gasteiger partial charge in [0.1, 0.15) is 5.76 Å². The van der Waals surface area contributed by atoms with Crippen molar-refractivity contribution in [2.45, 2.75) is 33.2 Å². The fourth-order valence-electron chi connectivity index (χ4n) is 1.81. The van der Waals surface area contributed by atoms with Crippen LogP contribution in [0.3, 0.4) is 0 Å². The van der Waals surface area contributed by atoms with Gasteiger partial charge in [0.05, 0.1) is 11.1 Å². The Hall–Kier alpha value is -0.990. The maximum absolute atomic E-state index is 6.26. The Balaban J connectivity index is 2.47. The van der Waals surface area contributed by atoms with Crippen LogP contribution in [0.5, 0.6) is 0 Å². The van der Waals surface area contributed by atoms with Gasteiger partial charge in [0.25, 0.3) is 0 Å². The van der Waals surface area contributed by atoms with E-state index in [2.05, 4.69) is 20.8 Å². The number of hydrogen-bond acceptors (Lipinski definition) is 2. The Kier molecular flexibility index (Phi) is 3.19. The molecule has 0 aliphatic carbocycles. The zero-order valence-electron chi connectivity index (χ0n) is 10.5. The molecule has 0 aliphatic rings. The third kappa shape index (κ3) is 2.20. The average Bonchev–Trinajstić information content (AvgIpc) is 2.73. The number of furan rings is 1. The van der Waals surface area contributed by atoms with Crippen molar-refractivity contribution in [3.05, 3.63) is 35.0 Å². The van der Waals surface area contributed by atoms with E-state index < -0.39 is 0 Å². The van der Waals surface area contributed by atoms with Gasteiger partial charge in [0, 0.05) is 5.39 Å². The molecule has 1 heterocycles. The molecule has 0 fully saturated rings. The summed E-state index contributed by atoms with van der Waals surface area (Å²) in [5, 5.41) is 1.64. The lowest BCUT2D eigenvalue weighted by molar-refractivity contribution is 0.251. The Morgan fingerprint density at radius 3 is 2.71 bits per heavy atom. The number of rotatable bonds is 3. The zero-order chi connectivity index (χ0) is 12.6. The van der Waals surface area contributed by atoms with Crippen molar-refractivity contribution >= 4 is 22.6 Å². The fourth-order valence-corrected chi connectivity index (χ4v) is 2.03. The van der Waals surface area contributed by atoms with Gasteiger partial charge < -0.3 is 10.2 Å². The summed E-state index contributed by atoms with van der Waals surface area (Å²) in [6, 6.07) is 7.60. The Bertz CT molecular complexity index is 530. The molecule has 0 saturated carbocycles. The highest BCUT2D eigenvalue weighted by Gasteiger charge is 2.28. The van der Waals surface area contributed by atoms with E-state index in [0.717, 1.165) is 23.2 Å². The van der Waals surface area contributed by atoms with Gasteiger partial charge in [-0.1, -0.05) is 44.5 Å². The Labute approximate surface area is 107 Å². The molecule has 2 nitrogen and oxygen atoms in total. The second-order valence-electron chi connectivity index (χ2n) is 5.13. The first-order valence-electron chi connectivity index (χ1n) is 5.89. The van der Waals surface area contributed by atoms with E-state index in [4.69, 9.17) is 21.8 Å². The number of fused-ring (bicyclic) bond motifs is 1. The molecule has 2 rings (SSSR count). The molecule has 1 atom stereocenters. The Morgan fingerprint density at radius 1 is 1.41 bits per heavy atom. The van der Waals surface area contributed by atoms with Gasteiger partial charge in [-0.25, -0.2) is 0 Å². The maximum atomic E-state index is 6.26. The summed E-state index contributed by atoms with van der Waals surface area (Å²) in [6.45, 7) is 6.43. The summed E-state index contributed by atoms with van der Waals surface area (Å²) >= 11 is 6.09. The zero-order valence-corrected chi connectivity index (χ0v) is 11.2. The second kappa shape index (κ2) is 4.35. The largest absolute Gasteiger partial charge is 0.458 e. The third-order valence-electron chi connectivity index (χ3n) is 3.57. The second-order valence-corrected chi connectivity index (χ2v) is 5.53. The predicted octanol–water partition coefficient (Wildman–Crippen LogP) is 4.52. The lowest BCUT2D eigenvalue weighted by Crippen LogP contribution is -2.28. The smallest absolute Gasteiger partial charge is 0.152 e. The lowest BCUT2D eigenvalue weighted by atomic mass is 9.81. The predicted molar refractivity (Wildman–Crippen MR) is 72.2 cm³/mol. The van der Waals surface area contributed by atoms with Crippen molar-refractivity contribution < 1.29 is 4.42 Å². The molecule has 1 aromatic carbocycles. The Morgan fingerprint density at radius 2 is 2.12 bits per heavy atom. The summed E-state index contributed by atoms with van der Waals surface area (Å²) in [5.41, 5.74) is 7.00. The van der Waals surface area contributed by atoms with Crippen molar-refractivity contribution in [1.29, 1.82) is 0 Å². The molecule has 0 saturated heterocycles. The van der Waals surface area contributed by atoms with E-state index in [9.17, 15) is 0 Å². The molecule has 1 aromatic heterocycles. The van der Waals surface area contributed by atoms with Crippen LogP contribution < -0.4 is 5.73 Å². The average molecular weight is 252 g/mol. The van der Waals surface area contributed by atoms with E-state index in [1.807, 2.05) is 24.3 Å². The highest BCUT2D eigenvalue weighted by molar-refractivity contribution is 6.34. The van der Waals surface area contributed by atoms with Gasteiger partial charge >= 0.3 is 0 Å². The van der Waals surface area contributed by atoms with E-state index in [0.29, 0.717) is 5.02 Å².